The minimum Gasteiger partial charge on any atom is -0.465 e. The highest BCUT2D eigenvalue weighted by atomic mass is 16.5. The lowest BCUT2D eigenvalue weighted by molar-refractivity contribution is -0.151. The Kier molecular flexibility index (Phi) is 13.6. The van der Waals surface area contributed by atoms with Gasteiger partial charge in [-0.15, -0.1) is 0 Å². The zero-order valence-corrected chi connectivity index (χ0v) is 31.3. The number of hydrogen-bond donors (Lipinski definition) is 2. The standard InChI is InChI=1S/C42H67N3O4/c1-5-6-7-8-9-10-11-12-13-17-39(47)44-37-15-14-16-38(43-37)45-40(48)23-18-30(2)34-21-22-35-33-20-19-31-28-32(49-29-46)24-26-41(31,3)36(33)25-27-42(34,35)4/h14-16,29-36H,5-13,17-28H2,1-4H3,(H2,43,44,45,47,48)/t30-,31-,32-,33+,34-,35+,36+,41+,42-/m1/s1. The van der Waals surface area contributed by atoms with E-state index in [0.29, 0.717) is 59.5 Å². The number of carbonyl (C=O) groups excluding carboxylic acids is 3. The molecular formula is C42H67N3O4. The molecule has 4 saturated carbocycles. The van der Waals surface area contributed by atoms with E-state index in [0.717, 1.165) is 49.9 Å². The van der Waals surface area contributed by atoms with E-state index in [9.17, 15) is 14.4 Å². The van der Waals surface area contributed by atoms with Gasteiger partial charge in [0, 0.05) is 12.8 Å². The number of aromatic nitrogens is 1. The SMILES string of the molecule is CCCCCCCCCCCC(=O)Nc1cccc(NC(=O)CC[C@@H](C)[C@H]2CC[C@H]3[C@@H]4CC[C@@H]5C[C@H](OC=O)CC[C@]5(C)[C@H]4CC[C@]23C)n1. The lowest BCUT2D eigenvalue weighted by Gasteiger charge is -2.61. The van der Waals surface area contributed by atoms with E-state index in [1.165, 1.54) is 89.9 Å². The number of rotatable bonds is 18. The highest BCUT2D eigenvalue weighted by molar-refractivity contribution is 5.91. The van der Waals surface area contributed by atoms with Crippen molar-refractivity contribution >= 4 is 29.9 Å². The summed E-state index contributed by atoms with van der Waals surface area (Å²) in [5.41, 5.74) is 0.746. The van der Waals surface area contributed by atoms with Crippen LogP contribution in [0.3, 0.4) is 0 Å². The molecule has 0 spiro atoms. The van der Waals surface area contributed by atoms with Crippen molar-refractivity contribution in [3.8, 4) is 0 Å². The van der Waals surface area contributed by atoms with Gasteiger partial charge in [0.1, 0.15) is 17.7 Å². The fraction of sp³-hybridized carbons (Fsp3) is 0.810. The van der Waals surface area contributed by atoms with Crippen molar-refractivity contribution in [3.05, 3.63) is 18.2 Å². The predicted octanol–water partition coefficient (Wildman–Crippen LogP) is 10.5. The average molecular weight is 678 g/mol. The number of nitrogens with zero attached hydrogens (tertiary/aromatic N) is 1. The molecule has 4 fully saturated rings. The molecule has 9 atom stereocenters. The number of pyridine rings is 1. The van der Waals surface area contributed by atoms with Crippen LogP contribution in [0.2, 0.25) is 0 Å². The maximum Gasteiger partial charge on any atom is 0.293 e. The topological polar surface area (TPSA) is 97.4 Å². The summed E-state index contributed by atoms with van der Waals surface area (Å²) in [4.78, 5) is 41.1. The number of unbranched alkanes of at least 4 members (excludes halogenated alkanes) is 8. The van der Waals surface area contributed by atoms with Crippen LogP contribution < -0.4 is 10.6 Å². The molecule has 0 radical (unpaired) electrons. The Morgan fingerprint density at radius 1 is 0.837 bits per heavy atom. The van der Waals surface area contributed by atoms with Gasteiger partial charge in [-0.25, -0.2) is 4.98 Å². The Morgan fingerprint density at radius 3 is 2.16 bits per heavy atom. The van der Waals surface area contributed by atoms with E-state index in [-0.39, 0.29) is 17.9 Å². The largest absolute Gasteiger partial charge is 0.465 e. The van der Waals surface area contributed by atoms with Crippen LogP contribution in [0.4, 0.5) is 11.6 Å². The maximum atomic E-state index is 13.1. The van der Waals surface area contributed by atoms with Crippen molar-refractivity contribution in [2.24, 2.45) is 46.3 Å². The molecule has 5 rings (SSSR count). The maximum absolute atomic E-state index is 13.1. The second-order valence-corrected chi connectivity index (χ2v) is 17.1. The number of anilines is 2. The van der Waals surface area contributed by atoms with Crippen molar-refractivity contribution in [2.45, 2.75) is 169 Å². The summed E-state index contributed by atoms with van der Waals surface area (Å²) in [7, 11) is 0. The van der Waals surface area contributed by atoms with Crippen LogP contribution in [0.15, 0.2) is 18.2 Å². The van der Waals surface area contributed by atoms with Gasteiger partial charge in [-0.3, -0.25) is 14.4 Å². The molecule has 7 nitrogen and oxygen atoms in total. The van der Waals surface area contributed by atoms with E-state index >= 15 is 0 Å². The van der Waals surface area contributed by atoms with Crippen LogP contribution >= 0.6 is 0 Å². The first-order chi connectivity index (χ1) is 23.7. The monoisotopic (exact) mass is 678 g/mol. The van der Waals surface area contributed by atoms with Gasteiger partial charge < -0.3 is 15.4 Å². The average Bonchev–Trinajstić information content (AvgIpc) is 3.44. The molecule has 0 unspecified atom stereocenters. The van der Waals surface area contributed by atoms with Gasteiger partial charge in [-0.1, -0.05) is 85.1 Å². The molecule has 0 aliphatic heterocycles. The van der Waals surface area contributed by atoms with E-state index in [2.05, 4.69) is 43.3 Å². The zero-order chi connectivity index (χ0) is 34.9. The first-order valence-corrected chi connectivity index (χ1v) is 20.3. The van der Waals surface area contributed by atoms with Gasteiger partial charge in [0.15, 0.2) is 0 Å². The first kappa shape index (κ1) is 37.8. The summed E-state index contributed by atoms with van der Waals surface area (Å²) in [6, 6.07) is 5.43. The number of nitrogens with one attached hydrogen (secondary N) is 2. The lowest BCUT2D eigenvalue weighted by Crippen LogP contribution is -2.54. The Bertz CT molecular complexity index is 1240. The Balaban J connectivity index is 1.04. The summed E-state index contributed by atoms with van der Waals surface area (Å²) in [5.74, 6) is 5.23. The van der Waals surface area contributed by atoms with Crippen molar-refractivity contribution in [3.63, 3.8) is 0 Å². The van der Waals surface area contributed by atoms with Crippen LogP contribution in [0.5, 0.6) is 0 Å². The molecule has 4 aliphatic rings. The number of ether oxygens (including phenoxy) is 1. The van der Waals surface area contributed by atoms with Crippen LogP contribution in [0.1, 0.15) is 163 Å². The number of fused-ring (bicyclic) bond motifs is 5. The normalized spacial score (nSPS) is 32.7. The third kappa shape index (κ3) is 9.27. The lowest BCUT2D eigenvalue weighted by atomic mass is 9.44. The van der Waals surface area contributed by atoms with Crippen molar-refractivity contribution in [1.82, 2.24) is 4.98 Å². The predicted molar refractivity (Wildman–Crippen MR) is 198 cm³/mol. The highest BCUT2D eigenvalue weighted by Crippen LogP contribution is 2.68. The van der Waals surface area contributed by atoms with Crippen LogP contribution in [-0.4, -0.2) is 29.4 Å². The van der Waals surface area contributed by atoms with Crippen molar-refractivity contribution < 1.29 is 19.1 Å². The third-order valence-corrected chi connectivity index (χ3v) is 14.2. The van der Waals surface area contributed by atoms with E-state index in [4.69, 9.17) is 4.74 Å². The third-order valence-electron chi connectivity index (χ3n) is 14.2. The van der Waals surface area contributed by atoms with Gasteiger partial charge >= 0.3 is 0 Å². The minimum absolute atomic E-state index is 0.00124. The smallest absolute Gasteiger partial charge is 0.293 e. The molecule has 274 valence electrons. The Hall–Kier alpha value is -2.44. The first-order valence-electron chi connectivity index (χ1n) is 20.3. The molecule has 2 N–H and O–H groups in total. The Labute approximate surface area is 297 Å². The minimum atomic E-state index is -0.0103. The van der Waals surface area contributed by atoms with Gasteiger partial charge in [-0.05, 0) is 129 Å². The molecule has 1 aromatic heterocycles. The Morgan fingerprint density at radius 2 is 1.47 bits per heavy atom. The summed E-state index contributed by atoms with van der Waals surface area (Å²) in [6.45, 7) is 10.4. The highest BCUT2D eigenvalue weighted by Gasteiger charge is 2.60. The van der Waals surface area contributed by atoms with Crippen LogP contribution in [0, 0.1) is 46.3 Å². The molecular weight excluding hydrogens is 610 g/mol. The molecule has 4 aliphatic carbocycles. The number of amides is 2. The summed E-state index contributed by atoms with van der Waals surface area (Å²) in [5, 5.41) is 5.92. The second-order valence-electron chi connectivity index (χ2n) is 17.1. The quantitative estimate of drug-likeness (QED) is 0.119. The number of hydrogen-bond acceptors (Lipinski definition) is 5. The summed E-state index contributed by atoms with van der Waals surface area (Å²) in [6.07, 6.45) is 24.2. The molecule has 0 aromatic carbocycles. The van der Waals surface area contributed by atoms with Crippen molar-refractivity contribution in [2.75, 3.05) is 10.6 Å². The van der Waals surface area contributed by atoms with Gasteiger partial charge in [-0.2, -0.15) is 0 Å². The van der Waals surface area contributed by atoms with Crippen molar-refractivity contribution in [1.29, 1.82) is 0 Å². The van der Waals surface area contributed by atoms with E-state index in [1.807, 2.05) is 6.07 Å². The molecule has 0 bridgehead atoms. The molecule has 1 heterocycles. The van der Waals surface area contributed by atoms with E-state index < -0.39 is 0 Å². The molecule has 49 heavy (non-hydrogen) atoms. The van der Waals surface area contributed by atoms with Crippen LogP contribution in [-0.2, 0) is 19.1 Å². The number of carbonyl (C=O) groups is 3. The zero-order valence-electron chi connectivity index (χ0n) is 31.3. The molecule has 0 saturated heterocycles. The fourth-order valence-electron chi connectivity index (χ4n) is 11.5. The molecule has 2 amide bonds. The van der Waals surface area contributed by atoms with Crippen LogP contribution in [0.25, 0.3) is 0 Å². The molecule has 7 heteroatoms. The fourth-order valence-corrected chi connectivity index (χ4v) is 11.5. The van der Waals surface area contributed by atoms with Gasteiger partial charge in [0.2, 0.25) is 11.8 Å². The van der Waals surface area contributed by atoms with Gasteiger partial charge in [0.25, 0.3) is 6.47 Å². The molecule has 1 aromatic rings. The van der Waals surface area contributed by atoms with E-state index in [1.54, 1.807) is 12.1 Å². The summed E-state index contributed by atoms with van der Waals surface area (Å²) >= 11 is 0. The second kappa shape index (κ2) is 17.7. The van der Waals surface area contributed by atoms with Gasteiger partial charge in [0.05, 0.1) is 0 Å². The summed E-state index contributed by atoms with van der Waals surface area (Å²) < 4.78 is 5.43.